The molecule has 188 valence electrons. The van der Waals surface area contributed by atoms with Crippen LogP contribution >= 0.6 is 11.3 Å². The summed E-state index contributed by atoms with van der Waals surface area (Å²) in [6.07, 6.45) is -0.745. The van der Waals surface area contributed by atoms with Gasteiger partial charge in [-0.15, -0.1) is 11.3 Å². The number of carbonyl (C=O) groups excluding carboxylic acids is 3. The van der Waals surface area contributed by atoms with Crippen molar-refractivity contribution in [1.29, 1.82) is 0 Å². The van der Waals surface area contributed by atoms with Gasteiger partial charge in [-0.2, -0.15) is 0 Å². The second kappa shape index (κ2) is 13.2. The van der Waals surface area contributed by atoms with Crippen LogP contribution in [0.5, 0.6) is 0 Å². The van der Waals surface area contributed by atoms with Crippen LogP contribution in [0.15, 0.2) is 35.7 Å². The number of benzene rings is 1. The lowest BCUT2D eigenvalue weighted by atomic mass is 10.0. The number of carboxylic acid groups (broad SMARTS) is 2. The fourth-order valence-electron chi connectivity index (χ4n) is 3.30. The van der Waals surface area contributed by atoms with Gasteiger partial charge in [-0.3, -0.25) is 24.0 Å². The highest BCUT2D eigenvalue weighted by molar-refractivity contribution is 7.13. The lowest BCUT2D eigenvalue weighted by Gasteiger charge is -2.21. The van der Waals surface area contributed by atoms with Crippen molar-refractivity contribution in [2.75, 3.05) is 0 Å². The van der Waals surface area contributed by atoms with Crippen molar-refractivity contribution in [1.82, 2.24) is 10.6 Å². The van der Waals surface area contributed by atoms with Crippen LogP contribution in [0.3, 0.4) is 0 Å². The molecule has 0 aliphatic carbocycles. The van der Waals surface area contributed by atoms with Crippen LogP contribution in [0.25, 0.3) is 10.4 Å². The van der Waals surface area contributed by atoms with Crippen molar-refractivity contribution < 1.29 is 34.2 Å². The summed E-state index contributed by atoms with van der Waals surface area (Å²) in [5.74, 6) is -4.52. The van der Waals surface area contributed by atoms with Crippen LogP contribution in [-0.4, -0.2) is 52.0 Å². The number of hydrogen-bond donors (Lipinski definition) is 5. The first-order valence-corrected chi connectivity index (χ1v) is 11.9. The second-order valence-electron chi connectivity index (χ2n) is 8.13. The van der Waals surface area contributed by atoms with E-state index in [0.29, 0.717) is 6.42 Å². The van der Waals surface area contributed by atoms with Crippen LogP contribution in [-0.2, 0) is 30.4 Å². The molecule has 3 amide bonds. The fourth-order valence-corrected chi connectivity index (χ4v) is 4.21. The van der Waals surface area contributed by atoms with E-state index in [-0.39, 0.29) is 19.3 Å². The number of rotatable bonds is 14. The number of nitrogens with one attached hydrogen (secondary N) is 2. The average Bonchev–Trinajstić information content (AvgIpc) is 3.23. The Balaban J connectivity index is 1.96. The van der Waals surface area contributed by atoms with Crippen molar-refractivity contribution in [2.24, 2.45) is 5.73 Å². The lowest BCUT2D eigenvalue weighted by molar-refractivity contribution is -0.139. The molecule has 0 fully saturated rings. The van der Waals surface area contributed by atoms with Crippen molar-refractivity contribution >= 4 is 41.0 Å². The molecule has 35 heavy (non-hydrogen) atoms. The van der Waals surface area contributed by atoms with Gasteiger partial charge in [0.05, 0.1) is 0 Å². The molecule has 6 N–H and O–H groups in total. The first-order chi connectivity index (χ1) is 16.5. The van der Waals surface area contributed by atoms with Crippen LogP contribution in [0.2, 0.25) is 0 Å². The zero-order valence-electron chi connectivity index (χ0n) is 19.3. The lowest BCUT2D eigenvalue weighted by Crippen LogP contribution is -2.53. The molecule has 0 radical (unpaired) electrons. The van der Waals surface area contributed by atoms with Gasteiger partial charge in [0.2, 0.25) is 17.7 Å². The third-order valence-corrected chi connectivity index (χ3v) is 6.31. The molecule has 1 heterocycles. The SMILES string of the molecule is Cc1csc(-c2ccc(CCC(=O)N[C@@H](CCC(=O)O)C(=O)NC(CCC(=O)O)C(N)=O)cc2)c1. The van der Waals surface area contributed by atoms with Gasteiger partial charge in [0, 0.05) is 24.1 Å². The molecule has 10 nitrogen and oxygen atoms in total. The van der Waals surface area contributed by atoms with Gasteiger partial charge in [0.1, 0.15) is 12.1 Å². The Bertz CT molecular complexity index is 1070. The summed E-state index contributed by atoms with van der Waals surface area (Å²) >= 11 is 1.65. The van der Waals surface area contributed by atoms with E-state index < -0.39 is 54.6 Å². The molecule has 0 bridgehead atoms. The van der Waals surface area contributed by atoms with E-state index >= 15 is 0 Å². The minimum Gasteiger partial charge on any atom is -0.481 e. The largest absolute Gasteiger partial charge is 0.481 e. The number of thiophene rings is 1. The predicted octanol–water partition coefficient (Wildman–Crippen LogP) is 1.84. The van der Waals surface area contributed by atoms with E-state index in [9.17, 15) is 24.0 Å². The molecule has 1 aromatic heterocycles. The Labute approximate surface area is 206 Å². The summed E-state index contributed by atoms with van der Waals surface area (Å²) in [4.78, 5) is 59.6. The Morgan fingerprint density at radius 3 is 2.03 bits per heavy atom. The maximum atomic E-state index is 12.6. The second-order valence-corrected chi connectivity index (χ2v) is 9.04. The zero-order chi connectivity index (χ0) is 26.0. The van der Waals surface area contributed by atoms with Gasteiger partial charge < -0.3 is 26.6 Å². The Morgan fingerprint density at radius 1 is 0.914 bits per heavy atom. The van der Waals surface area contributed by atoms with Crippen LogP contribution < -0.4 is 16.4 Å². The maximum Gasteiger partial charge on any atom is 0.303 e. The molecular weight excluding hydrogens is 474 g/mol. The first kappa shape index (κ1) is 27.5. The van der Waals surface area contributed by atoms with Crippen LogP contribution in [0, 0.1) is 6.92 Å². The van der Waals surface area contributed by atoms with E-state index in [2.05, 4.69) is 22.1 Å². The summed E-state index contributed by atoms with van der Waals surface area (Å²) in [5.41, 5.74) is 8.42. The molecule has 11 heteroatoms. The summed E-state index contributed by atoms with van der Waals surface area (Å²) in [5, 5.41) is 24.7. The summed E-state index contributed by atoms with van der Waals surface area (Å²) < 4.78 is 0. The molecule has 0 saturated carbocycles. The monoisotopic (exact) mass is 503 g/mol. The maximum absolute atomic E-state index is 12.6. The highest BCUT2D eigenvalue weighted by Gasteiger charge is 2.26. The number of carbonyl (C=O) groups is 5. The van der Waals surface area contributed by atoms with Crippen molar-refractivity contribution in [3.63, 3.8) is 0 Å². The molecule has 0 spiro atoms. The van der Waals surface area contributed by atoms with E-state index in [0.717, 1.165) is 16.0 Å². The van der Waals surface area contributed by atoms with Crippen molar-refractivity contribution in [3.05, 3.63) is 46.8 Å². The van der Waals surface area contributed by atoms with Gasteiger partial charge >= 0.3 is 11.9 Å². The number of carboxylic acids is 2. The highest BCUT2D eigenvalue weighted by Crippen LogP contribution is 2.27. The molecule has 2 aromatic rings. The Kier molecular flexibility index (Phi) is 10.4. The van der Waals surface area contributed by atoms with Gasteiger partial charge in [-0.1, -0.05) is 24.3 Å². The molecule has 0 aliphatic heterocycles. The predicted molar refractivity (Wildman–Crippen MR) is 130 cm³/mol. The smallest absolute Gasteiger partial charge is 0.303 e. The van der Waals surface area contributed by atoms with Crippen LogP contribution in [0.1, 0.15) is 43.2 Å². The third-order valence-electron chi connectivity index (χ3n) is 5.22. The van der Waals surface area contributed by atoms with E-state index in [4.69, 9.17) is 15.9 Å². The van der Waals surface area contributed by atoms with Gasteiger partial charge in [-0.25, -0.2) is 0 Å². The molecule has 1 aromatic carbocycles. The minimum atomic E-state index is -1.26. The summed E-state index contributed by atoms with van der Waals surface area (Å²) in [7, 11) is 0. The topological polar surface area (TPSA) is 176 Å². The fraction of sp³-hybridized carbons (Fsp3) is 0.375. The van der Waals surface area contributed by atoms with Gasteiger partial charge in [0.25, 0.3) is 0 Å². The molecular formula is C24H29N3O7S. The Hall–Kier alpha value is -3.73. The van der Waals surface area contributed by atoms with E-state index in [1.807, 2.05) is 31.2 Å². The highest BCUT2D eigenvalue weighted by atomic mass is 32.1. The average molecular weight is 504 g/mol. The third kappa shape index (κ3) is 9.57. The summed E-state index contributed by atoms with van der Waals surface area (Å²) in [6.45, 7) is 2.03. The number of amides is 3. The number of hydrogen-bond acceptors (Lipinski definition) is 6. The van der Waals surface area contributed by atoms with Gasteiger partial charge in [0.15, 0.2) is 0 Å². The molecule has 2 rings (SSSR count). The standard InChI is InChI=1S/C24H29N3O7S/c1-14-12-19(35-13-14)16-5-2-15(3-6-16)4-9-20(28)26-18(8-11-22(31)32)24(34)27-17(23(25)33)7-10-21(29)30/h2-3,5-6,12-13,17-18H,4,7-11H2,1H3,(H2,25,33)(H,26,28)(H,27,34)(H,29,30)(H,31,32)/t17?,18-/m0/s1. The van der Waals surface area contributed by atoms with Crippen molar-refractivity contribution in [2.45, 2.75) is 57.5 Å². The summed E-state index contributed by atoms with van der Waals surface area (Å²) in [6, 6.07) is 7.42. The first-order valence-electron chi connectivity index (χ1n) is 11.0. The van der Waals surface area contributed by atoms with Crippen LogP contribution in [0.4, 0.5) is 0 Å². The number of aliphatic carboxylic acids is 2. The quantitative estimate of drug-likeness (QED) is 0.261. The number of primary amides is 1. The van der Waals surface area contributed by atoms with Crippen molar-refractivity contribution in [3.8, 4) is 10.4 Å². The van der Waals surface area contributed by atoms with E-state index in [1.54, 1.807) is 11.3 Å². The number of aryl methyl sites for hydroxylation is 2. The molecule has 0 aliphatic rings. The zero-order valence-corrected chi connectivity index (χ0v) is 20.1. The normalized spacial score (nSPS) is 12.4. The minimum absolute atomic E-state index is 0.0621. The Morgan fingerprint density at radius 2 is 1.51 bits per heavy atom. The molecule has 2 atom stereocenters. The van der Waals surface area contributed by atoms with E-state index in [1.165, 1.54) is 5.56 Å². The van der Waals surface area contributed by atoms with Gasteiger partial charge in [-0.05, 0) is 54.3 Å². The molecule has 1 unspecified atom stereocenters. The molecule has 0 saturated heterocycles. The number of nitrogens with two attached hydrogens (primary N) is 1.